The number of allylic oxidation sites excluding steroid dienone is 2. The number of ether oxygens (including phenoxy) is 1. The summed E-state index contributed by atoms with van der Waals surface area (Å²) in [6.07, 6.45) is 3.73. The van der Waals surface area contributed by atoms with E-state index in [0.29, 0.717) is 24.4 Å². The SMILES string of the molecule is O=C1OC(=O)C2=C[C@H]3c4cc5c(cc4[C@H]3C=C12)COOC5. The van der Waals surface area contributed by atoms with Crippen molar-refractivity contribution in [3.05, 3.63) is 57.7 Å². The molecule has 0 bridgehead atoms. The van der Waals surface area contributed by atoms with Crippen molar-refractivity contribution in [3.63, 3.8) is 0 Å². The number of hydrogen-bond donors (Lipinski definition) is 0. The highest BCUT2D eigenvalue weighted by Gasteiger charge is 2.45. The minimum atomic E-state index is -0.534. The fraction of sp³-hybridized carbons (Fsp3) is 0.250. The number of carbonyl (C=O) groups excluding carboxylic acids is 2. The first-order chi connectivity index (χ1) is 10.2. The van der Waals surface area contributed by atoms with E-state index < -0.39 is 11.9 Å². The van der Waals surface area contributed by atoms with Gasteiger partial charge >= 0.3 is 11.9 Å². The van der Waals surface area contributed by atoms with Gasteiger partial charge in [0.2, 0.25) is 0 Å². The van der Waals surface area contributed by atoms with E-state index >= 15 is 0 Å². The van der Waals surface area contributed by atoms with Crippen molar-refractivity contribution in [1.29, 1.82) is 0 Å². The lowest BCUT2D eigenvalue weighted by Crippen LogP contribution is -2.27. The van der Waals surface area contributed by atoms with Crippen LogP contribution in [0.3, 0.4) is 0 Å². The van der Waals surface area contributed by atoms with E-state index in [1.54, 1.807) is 0 Å². The fourth-order valence-electron chi connectivity index (χ4n) is 3.55. The van der Waals surface area contributed by atoms with Crippen LogP contribution in [-0.4, -0.2) is 11.9 Å². The molecule has 2 atom stereocenters. The minimum absolute atomic E-state index is 0.144. The zero-order valence-corrected chi connectivity index (χ0v) is 10.9. The highest BCUT2D eigenvalue weighted by atomic mass is 17.2. The topological polar surface area (TPSA) is 61.8 Å². The van der Waals surface area contributed by atoms with Crippen LogP contribution in [0.5, 0.6) is 0 Å². The van der Waals surface area contributed by atoms with Crippen molar-refractivity contribution in [3.8, 4) is 0 Å². The smallest absolute Gasteiger partial charge is 0.346 e. The number of carbonyl (C=O) groups is 2. The zero-order chi connectivity index (χ0) is 14.1. The Kier molecular flexibility index (Phi) is 2.01. The van der Waals surface area contributed by atoms with Crippen molar-refractivity contribution in [2.24, 2.45) is 0 Å². The molecule has 1 fully saturated rings. The van der Waals surface area contributed by atoms with Crippen LogP contribution in [0.1, 0.15) is 34.1 Å². The van der Waals surface area contributed by atoms with Gasteiger partial charge in [0.05, 0.1) is 11.1 Å². The lowest BCUT2D eigenvalue weighted by atomic mass is 9.63. The van der Waals surface area contributed by atoms with E-state index in [9.17, 15) is 9.59 Å². The standard InChI is InChI=1S/C16H10O5/c17-15-13-3-11-9-1-7-5-19-20-6-8(7)2-10(9)12(11)4-14(13)16(18)21-15/h1-4,11-12H,5-6H2/t11-,12+. The van der Waals surface area contributed by atoms with Gasteiger partial charge in [-0.3, -0.25) is 0 Å². The highest BCUT2D eigenvalue weighted by Crippen LogP contribution is 2.54. The molecule has 0 spiro atoms. The number of fused-ring (bicyclic) bond motifs is 6. The second kappa shape index (κ2) is 3.69. The number of cyclic esters (lactones) is 2. The van der Waals surface area contributed by atoms with E-state index in [-0.39, 0.29) is 11.8 Å². The lowest BCUT2D eigenvalue weighted by Gasteiger charge is -2.40. The van der Waals surface area contributed by atoms with Gasteiger partial charge in [-0.05, 0) is 22.3 Å². The molecular formula is C16H10O5. The van der Waals surface area contributed by atoms with Gasteiger partial charge in [-0.1, -0.05) is 24.3 Å². The van der Waals surface area contributed by atoms with Gasteiger partial charge in [0.25, 0.3) is 0 Å². The van der Waals surface area contributed by atoms with E-state index in [0.717, 1.165) is 11.1 Å². The molecule has 2 aliphatic carbocycles. The van der Waals surface area contributed by atoms with Crippen LogP contribution in [0.2, 0.25) is 0 Å². The van der Waals surface area contributed by atoms with Gasteiger partial charge in [-0.25, -0.2) is 19.4 Å². The largest absolute Gasteiger partial charge is 0.386 e. The maximum Gasteiger partial charge on any atom is 0.346 e. The second-order valence-electron chi connectivity index (χ2n) is 5.66. The molecule has 2 heterocycles. The molecule has 1 saturated heterocycles. The molecule has 4 aliphatic rings. The first-order valence-electron chi connectivity index (χ1n) is 6.83. The Hall–Kier alpha value is -2.24. The van der Waals surface area contributed by atoms with Crippen LogP contribution >= 0.6 is 0 Å². The van der Waals surface area contributed by atoms with Crippen LogP contribution in [0.25, 0.3) is 0 Å². The van der Waals surface area contributed by atoms with Crippen LogP contribution < -0.4 is 0 Å². The third-order valence-corrected chi connectivity index (χ3v) is 4.63. The first kappa shape index (κ1) is 11.4. The summed E-state index contributed by atoms with van der Waals surface area (Å²) in [6, 6.07) is 4.23. The molecule has 0 unspecified atom stereocenters. The van der Waals surface area contributed by atoms with Gasteiger partial charge < -0.3 is 4.74 Å². The van der Waals surface area contributed by atoms with Crippen molar-refractivity contribution < 1.29 is 24.1 Å². The second-order valence-corrected chi connectivity index (χ2v) is 5.66. The summed E-state index contributed by atoms with van der Waals surface area (Å²) in [5, 5.41) is 0. The monoisotopic (exact) mass is 282 g/mol. The Balaban J connectivity index is 1.65. The molecule has 5 rings (SSSR count). The number of rotatable bonds is 0. The Morgan fingerprint density at radius 2 is 1.29 bits per heavy atom. The number of hydrogen-bond acceptors (Lipinski definition) is 5. The van der Waals surface area contributed by atoms with Crippen molar-refractivity contribution in [2.75, 3.05) is 0 Å². The third-order valence-electron chi connectivity index (χ3n) is 4.63. The van der Waals surface area contributed by atoms with Gasteiger partial charge in [0, 0.05) is 11.8 Å². The van der Waals surface area contributed by atoms with Crippen molar-refractivity contribution >= 4 is 11.9 Å². The van der Waals surface area contributed by atoms with Crippen molar-refractivity contribution in [2.45, 2.75) is 25.0 Å². The summed E-state index contributed by atoms with van der Waals surface area (Å²) < 4.78 is 4.68. The van der Waals surface area contributed by atoms with Gasteiger partial charge in [-0.2, -0.15) is 0 Å². The molecule has 5 heteroatoms. The van der Waals surface area contributed by atoms with E-state index in [1.807, 2.05) is 12.2 Å². The molecule has 2 aliphatic heterocycles. The predicted molar refractivity (Wildman–Crippen MR) is 68.8 cm³/mol. The Labute approximate surface area is 119 Å². The summed E-state index contributed by atoms with van der Waals surface area (Å²) in [7, 11) is 0. The van der Waals surface area contributed by atoms with E-state index in [1.165, 1.54) is 11.1 Å². The van der Waals surface area contributed by atoms with Gasteiger partial charge in [-0.15, -0.1) is 0 Å². The summed E-state index contributed by atoms with van der Waals surface area (Å²) in [5.41, 5.74) is 5.44. The Morgan fingerprint density at radius 3 is 1.76 bits per heavy atom. The predicted octanol–water partition coefficient (Wildman–Crippen LogP) is 1.78. The van der Waals surface area contributed by atoms with Gasteiger partial charge in [0.15, 0.2) is 0 Å². The van der Waals surface area contributed by atoms with Crippen LogP contribution in [0.4, 0.5) is 0 Å². The molecule has 0 aromatic heterocycles. The molecule has 0 radical (unpaired) electrons. The summed E-state index contributed by atoms with van der Waals surface area (Å²) >= 11 is 0. The molecule has 0 amide bonds. The molecular weight excluding hydrogens is 272 g/mol. The Bertz CT molecular complexity index is 721. The molecule has 1 aromatic carbocycles. The molecule has 21 heavy (non-hydrogen) atoms. The van der Waals surface area contributed by atoms with E-state index in [4.69, 9.17) is 9.78 Å². The minimum Gasteiger partial charge on any atom is -0.386 e. The van der Waals surface area contributed by atoms with Crippen LogP contribution in [0, 0.1) is 0 Å². The molecule has 0 N–H and O–H groups in total. The van der Waals surface area contributed by atoms with Crippen LogP contribution in [-0.2, 0) is 37.3 Å². The van der Waals surface area contributed by atoms with Gasteiger partial charge in [0.1, 0.15) is 13.2 Å². The molecule has 5 nitrogen and oxygen atoms in total. The number of esters is 2. The highest BCUT2D eigenvalue weighted by molar-refractivity contribution is 6.18. The van der Waals surface area contributed by atoms with Crippen molar-refractivity contribution in [1.82, 2.24) is 0 Å². The summed E-state index contributed by atoms with van der Waals surface area (Å²) in [6.45, 7) is 0.885. The zero-order valence-electron chi connectivity index (χ0n) is 10.9. The fourth-order valence-corrected chi connectivity index (χ4v) is 3.55. The quantitative estimate of drug-likeness (QED) is 0.412. The average molecular weight is 282 g/mol. The number of benzene rings is 1. The Morgan fingerprint density at radius 1 is 0.810 bits per heavy atom. The summed E-state index contributed by atoms with van der Waals surface area (Å²) in [4.78, 5) is 33.3. The average Bonchev–Trinajstić information content (AvgIpc) is 2.78. The first-order valence-corrected chi connectivity index (χ1v) is 6.83. The molecule has 1 aromatic rings. The normalized spacial score (nSPS) is 28.4. The summed E-state index contributed by atoms with van der Waals surface area (Å²) in [5.74, 6) is -0.781. The maximum absolute atomic E-state index is 11.7. The lowest BCUT2D eigenvalue weighted by molar-refractivity contribution is -0.322. The third kappa shape index (κ3) is 1.37. The maximum atomic E-state index is 11.7. The van der Waals surface area contributed by atoms with Crippen LogP contribution in [0.15, 0.2) is 35.4 Å². The molecule has 104 valence electrons. The molecule has 0 saturated carbocycles. The van der Waals surface area contributed by atoms with E-state index in [2.05, 4.69) is 16.9 Å².